The van der Waals surface area contributed by atoms with E-state index in [0.29, 0.717) is 18.2 Å². The third-order valence-corrected chi connectivity index (χ3v) is 7.02. The van der Waals surface area contributed by atoms with Gasteiger partial charge in [0.25, 0.3) is 5.91 Å². The highest BCUT2D eigenvalue weighted by Gasteiger charge is 2.24. The minimum atomic E-state index is -0.166. The first-order valence-corrected chi connectivity index (χ1v) is 11.7. The molecule has 5 heterocycles. The number of nitrogens with one attached hydrogen (secondary N) is 3. The number of aryl methyl sites for hydroxylation is 1. The molecule has 0 saturated carbocycles. The number of H-pyrrole nitrogens is 1. The second-order valence-electron chi connectivity index (χ2n) is 8.49. The number of morpholine rings is 1. The zero-order chi connectivity index (χ0) is 22.4. The maximum atomic E-state index is 12.7. The first kappa shape index (κ1) is 21.0. The number of amides is 1. The molecule has 1 atom stereocenters. The van der Waals surface area contributed by atoms with Gasteiger partial charge in [0.1, 0.15) is 16.7 Å². The van der Waals surface area contributed by atoms with Crippen LogP contribution in [0.25, 0.3) is 27.3 Å². The van der Waals surface area contributed by atoms with Crippen molar-refractivity contribution in [3.05, 3.63) is 34.2 Å². The SMILES string of the molecule is Cc1c(-c2[nH]c3sc(C(=O)NCC4CNCCO4)nc3c2C(C)C)cn2ncnc2c1C. The first-order chi connectivity index (χ1) is 15.4. The lowest BCUT2D eigenvalue weighted by Gasteiger charge is -2.23. The number of carbonyl (C=O) groups is 1. The Balaban J connectivity index is 1.49. The summed E-state index contributed by atoms with van der Waals surface area (Å²) in [6.07, 6.45) is 3.58. The van der Waals surface area contributed by atoms with E-state index < -0.39 is 0 Å². The zero-order valence-electron chi connectivity index (χ0n) is 18.7. The van der Waals surface area contributed by atoms with Crippen LogP contribution >= 0.6 is 11.3 Å². The Labute approximate surface area is 189 Å². The first-order valence-electron chi connectivity index (χ1n) is 10.9. The molecule has 0 bridgehead atoms. The molecule has 168 valence electrons. The lowest BCUT2D eigenvalue weighted by atomic mass is 9.96. The Hall–Kier alpha value is -2.82. The van der Waals surface area contributed by atoms with E-state index in [1.807, 2.05) is 10.7 Å². The predicted molar refractivity (Wildman–Crippen MR) is 124 cm³/mol. The number of rotatable bonds is 5. The van der Waals surface area contributed by atoms with Gasteiger partial charge in [-0.25, -0.2) is 14.5 Å². The zero-order valence-corrected chi connectivity index (χ0v) is 19.5. The van der Waals surface area contributed by atoms with E-state index >= 15 is 0 Å². The summed E-state index contributed by atoms with van der Waals surface area (Å²) in [6.45, 7) is 11.2. The van der Waals surface area contributed by atoms with Gasteiger partial charge in [0.05, 0.1) is 18.4 Å². The summed E-state index contributed by atoms with van der Waals surface area (Å²) in [5, 5.41) is 11.0. The van der Waals surface area contributed by atoms with Gasteiger partial charge in [0, 0.05) is 37.0 Å². The van der Waals surface area contributed by atoms with Crippen LogP contribution in [0.4, 0.5) is 0 Å². The van der Waals surface area contributed by atoms with Crippen molar-refractivity contribution in [1.82, 2.24) is 35.2 Å². The van der Waals surface area contributed by atoms with E-state index in [1.165, 1.54) is 11.3 Å². The number of aromatic amines is 1. The minimum absolute atomic E-state index is 0.00623. The molecule has 4 aromatic rings. The maximum Gasteiger partial charge on any atom is 0.280 e. The fourth-order valence-electron chi connectivity index (χ4n) is 4.25. The van der Waals surface area contributed by atoms with E-state index in [4.69, 9.17) is 9.72 Å². The number of aromatic nitrogens is 5. The van der Waals surface area contributed by atoms with Gasteiger partial charge < -0.3 is 20.4 Å². The molecular formula is C22H27N7O2S. The smallest absolute Gasteiger partial charge is 0.280 e. The van der Waals surface area contributed by atoms with Crippen LogP contribution in [0, 0.1) is 13.8 Å². The molecule has 3 N–H and O–H groups in total. The lowest BCUT2D eigenvalue weighted by Crippen LogP contribution is -2.45. The van der Waals surface area contributed by atoms with Gasteiger partial charge in [-0.3, -0.25) is 4.79 Å². The average molecular weight is 454 g/mol. The number of fused-ring (bicyclic) bond motifs is 2. The molecule has 0 spiro atoms. The van der Waals surface area contributed by atoms with Gasteiger partial charge in [0.2, 0.25) is 0 Å². The second kappa shape index (κ2) is 8.27. The summed E-state index contributed by atoms with van der Waals surface area (Å²) >= 11 is 1.38. The summed E-state index contributed by atoms with van der Waals surface area (Å²) < 4.78 is 7.47. The molecule has 32 heavy (non-hydrogen) atoms. The second-order valence-corrected chi connectivity index (χ2v) is 9.49. The number of carbonyl (C=O) groups excluding carboxylic acids is 1. The normalized spacial score (nSPS) is 17.0. The van der Waals surface area contributed by atoms with Gasteiger partial charge in [-0.05, 0) is 30.9 Å². The molecule has 1 aliphatic heterocycles. The van der Waals surface area contributed by atoms with Gasteiger partial charge in [-0.15, -0.1) is 0 Å². The van der Waals surface area contributed by atoms with Crippen molar-refractivity contribution in [3.8, 4) is 11.3 Å². The number of ether oxygens (including phenoxy) is 1. The van der Waals surface area contributed by atoms with E-state index in [-0.39, 0.29) is 17.9 Å². The minimum Gasteiger partial charge on any atom is -0.374 e. The molecule has 0 radical (unpaired) electrons. The summed E-state index contributed by atoms with van der Waals surface area (Å²) in [5.41, 5.74) is 7.18. The molecule has 0 aromatic carbocycles. The van der Waals surface area contributed by atoms with Crippen molar-refractivity contribution in [3.63, 3.8) is 0 Å². The third-order valence-electron chi connectivity index (χ3n) is 6.05. The van der Waals surface area contributed by atoms with Crippen molar-refractivity contribution >= 4 is 33.2 Å². The number of pyridine rings is 1. The summed E-state index contributed by atoms with van der Waals surface area (Å²) in [5.74, 6) is 0.0608. The summed E-state index contributed by atoms with van der Waals surface area (Å²) in [7, 11) is 0. The fraction of sp³-hybridized carbons (Fsp3) is 0.455. The molecule has 4 aromatic heterocycles. The highest BCUT2D eigenvalue weighted by atomic mass is 32.1. The molecule has 5 rings (SSSR count). The van der Waals surface area contributed by atoms with Crippen molar-refractivity contribution in [1.29, 1.82) is 0 Å². The summed E-state index contributed by atoms with van der Waals surface area (Å²) in [4.78, 5) is 26.3. The molecule has 1 fully saturated rings. The summed E-state index contributed by atoms with van der Waals surface area (Å²) in [6, 6.07) is 0. The van der Waals surface area contributed by atoms with Crippen molar-refractivity contribution in [2.24, 2.45) is 0 Å². The Kier molecular flexibility index (Phi) is 5.44. The van der Waals surface area contributed by atoms with Crippen LogP contribution < -0.4 is 10.6 Å². The monoisotopic (exact) mass is 453 g/mol. The van der Waals surface area contributed by atoms with E-state index in [0.717, 1.165) is 57.0 Å². The van der Waals surface area contributed by atoms with E-state index in [1.54, 1.807) is 6.33 Å². The largest absolute Gasteiger partial charge is 0.374 e. The van der Waals surface area contributed by atoms with Gasteiger partial charge in [-0.2, -0.15) is 5.10 Å². The molecule has 1 amide bonds. The number of thiazole rings is 1. The Morgan fingerprint density at radius 3 is 2.97 bits per heavy atom. The molecular weight excluding hydrogens is 426 g/mol. The van der Waals surface area contributed by atoms with Crippen molar-refractivity contribution in [2.75, 3.05) is 26.2 Å². The van der Waals surface area contributed by atoms with Crippen LogP contribution in [0.1, 0.15) is 46.3 Å². The van der Waals surface area contributed by atoms with Crippen LogP contribution in [0.3, 0.4) is 0 Å². The van der Waals surface area contributed by atoms with E-state index in [2.05, 4.69) is 53.4 Å². The highest BCUT2D eigenvalue weighted by molar-refractivity contribution is 7.20. The van der Waals surface area contributed by atoms with Crippen molar-refractivity contribution in [2.45, 2.75) is 39.7 Å². The quantitative estimate of drug-likeness (QED) is 0.429. The number of hydrogen-bond donors (Lipinski definition) is 3. The fourth-order valence-corrected chi connectivity index (χ4v) is 5.15. The highest BCUT2D eigenvalue weighted by Crippen LogP contribution is 2.39. The molecule has 1 unspecified atom stereocenters. The lowest BCUT2D eigenvalue weighted by molar-refractivity contribution is 0.0287. The van der Waals surface area contributed by atoms with Crippen LogP contribution in [0.2, 0.25) is 0 Å². The molecule has 1 saturated heterocycles. The Bertz CT molecular complexity index is 1300. The standard InChI is InChI=1S/C22H27N7O2S/c1-11(2)16-17(15-9-29-19(25-10-26-29)13(4)12(15)3)27-21-18(16)28-22(32-21)20(30)24-8-14-7-23-5-6-31-14/h9-11,14,23,27H,5-8H2,1-4H3,(H,24,30). The Morgan fingerprint density at radius 1 is 1.38 bits per heavy atom. The molecule has 10 heteroatoms. The van der Waals surface area contributed by atoms with Crippen LogP contribution in [-0.2, 0) is 4.74 Å². The topological polar surface area (TPSA) is 109 Å². The third kappa shape index (κ3) is 3.58. The molecule has 1 aliphatic rings. The van der Waals surface area contributed by atoms with Crippen LogP contribution in [-0.4, -0.2) is 62.8 Å². The van der Waals surface area contributed by atoms with Crippen LogP contribution in [0.5, 0.6) is 0 Å². The van der Waals surface area contributed by atoms with E-state index in [9.17, 15) is 4.79 Å². The van der Waals surface area contributed by atoms with Gasteiger partial charge >= 0.3 is 0 Å². The van der Waals surface area contributed by atoms with Gasteiger partial charge in [-0.1, -0.05) is 25.2 Å². The predicted octanol–water partition coefficient (Wildman–Crippen LogP) is 2.79. The number of hydrogen-bond acceptors (Lipinski definition) is 7. The van der Waals surface area contributed by atoms with Crippen LogP contribution in [0.15, 0.2) is 12.5 Å². The van der Waals surface area contributed by atoms with Crippen molar-refractivity contribution < 1.29 is 9.53 Å². The molecule has 0 aliphatic carbocycles. The average Bonchev–Trinajstić information content (AvgIpc) is 3.49. The van der Waals surface area contributed by atoms with Gasteiger partial charge in [0.15, 0.2) is 10.7 Å². The number of nitrogens with zero attached hydrogens (tertiary/aromatic N) is 4. The Morgan fingerprint density at radius 2 is 2.22 bits per heavy atom. The molecule has 9 nitrogen and oxygen atoms in total. The maximum absolute atomic E-state index is 12.7.